The molecule has 1 aromatic rings. The molecule has 0 aliphatic heterocycles. The van der Waals surface area contributed by atoms with E-state index in [0.29, 0.717) is 12.5 Å². The SMILES string of the molecule is CC(C)(CO)CCCNC(=O)NC(c1ccc(F)cc1)C1CC1. The highest BCUT2D eigenvalue weighted by Gasteiger charge is 2.33. The van der Waals surface area contributed by atoms with Gasteiger partial charge in [-0.15, -0.1) is 0 Å². The van der Waals surface area contributed by atoms with Crippen LogP contribution < -0.4 is 10.6 Å². The predicted octanol–water partition coefficient (Wildman–Crippen LogP) is 3.37. The molecule has 0 saturated heterocycles. The molecule has 5 heteroatoms. The number of hydrogen-bond acceptors (Lipinski definition) is 2. The van der Waals surface area contributed by atoms with E-state index in [1.54, 1.807) is 12.1 Å². The second kappa shape index (κ2) is 7.77. The molecule has 1 aromatic carbocycles. The highest BCUT2D eigenvalue weighted by molar-refractivity contribution is 5.74. The third-order valence-corrected chi connectivity index (χ3v) is 4.35. The lowest BCUT2D eigenvalue weighted by atomic mass is 9.89. The predicted molar refractivity (Wildman–Crippen MR) is 88.5 cm³/mol. The van der Waals surface area contributed by atoms with E-state index in [1.807, 2.05) is 13.8 Å². The van der Waals surface area contributed by atoms with Crippen LogP contribution in [0.1, 0.15) is 51.1 Å². The van der Waals surface area contributed by atoms with Gasteiger partial charge in [-0.25, -0.2) is 9.18 Å². The standard InChI is InChI=1S/C18H27FN2O2/c1-18(2,12-22)10-3-11-20-17(23)21-16(13-4-5-13)14-6-8-15(19)9-7-14/h6-9,13,16,22H,3-5,10-12H2,1-2H3,(H2,20,21,23). The summed E-state index contributed by atoms with van der Waals surface area (Å²) in [5, 5.41) is 15.1. The van der Waals surface area contributed by atoms with Gasteiger partial charge < -0.3 is 15.7 Å². The van der Waals surface area contributed by atoms with Crippen molar-refractivity contribution in [3.8, 4) is 0 Å². The van der Waals surface area contributed by atoms with Crippen LogP contribution in [-0.2, 0) is 0 Å². The molecule has 23 heavy (non-hydrogen) atoms. The van der Waals surface area contributed by atoms with Crippen LogP contribution in [-0.4, -0.2) is 24.3 Å². The van der Waals surface area contributed by atoms with Crippen molar-refractivity contribution in [1.82, 2.24) is 10.6 Å². The number of carbonyl (C=O) groups is 1. The first kappa shape index (κ1) is 17.7. The fraction of sp³-hybridized carbons (Fsp3) is 0.611. The van der Waals surface area contributed by atoms with Crippen LogP contribution in [0.5, 0.6) is 0 Å². The number of halogens is 1. The third kappa shape index (κ3) is 5.82. The summed E-state index contributed by atoms with van der Waals surface area (Å²) in [6.07, 6.45) is 3.86. The normalized spacial score (nSPS) is 16.0. The largest absolute Gasteiger partial charge is 0.396 e. The smallest absolute Gasteiger partial charge is 0.315 e. The summed E-state index contributed by atoms with van der Waals surface area (Å²) < 4.78 is 13.0. The van der Waals surface area contributed by atoms with Crippen molar-refractivity contribution in [2.75, 3.05) is 13.2 Å². The number of hydrogen-bond donors (Lipinski definition) is 3. The van der Waals surface area contributed by atoms with E-state index < -0.39 is 0 Å². The van der Waals surface area contributed by atoms with Crippen molar-refractivity contribution in [1.29, 1.82) is 0 Å². The number of aliphatic hydroxyl groups excluding tert-OH is 1. The van der Waals surface area contributed by atoms with Crippen molar-refractivity contribution in [2.45, 2.75) is 45.6 Å². The van der Waals surface area contributed by atoms with Gasteiger partial charge in [-0.2, -0.15) is 0 Å². The zero-order chi connectivity index (χ0) is 16.9. The number of urea groups is 1. The van der Waals surface area contributed by atoms with E-state index in [1.165, 1.54) is 12.1 Å². The van der Waals surface area contributed by atoms with E-state index in [0.717, 1.165) is 31.2 Å². The number of aliphatic hydroxyl groups is 1. The highest BCUT2D eigenvalue weighted by atomic mass is 19.1. The van der Waals surface area contributed by atoms with Crippen LogP contribution in [0.2, 0.25) is 0 Å². The third-order valence-electron chi connectivity index (χ3n) is 4.35. The monoisotopic (exact) mass is 322 g/mol. The van der Waals surface area contributed by atoms with Crippen molar-refractivity contribution >= 4 is 6.03 Å². The minimum Gasteiger partial charge on any atom is -0.396 e. The molecule has 0 heterocycles. The minimum absolute atomic E-state index is 0.0514. The van der Waals surface area contributed by atoms with Gasteiger partial charge in [0.15, 0.2) is 0 Å². The first-order valence-electron chi connectivity index (χ1n) is 8.32. The van der Waals surface area contributed by atoms with Crippen molar-refractivity contribution in [3.05, 3.63) is 35.6 Å². The Hall–Kier alpha value is -1.62. The molecule has 2 rings (SSSR count). The van der Waals surface area contributed by atoms with E-state index in [4.69, 9.17) is 0 Å². The second-order valence-electron chi connectivity index (χ2n) is 7.19. The molecule has 1 fully saturated rings. The average molecular weight is 322 g/mol. The van der Waals surface area contributed by atoms with Gasteiger partial charge in [0.05, 0.1) is 6.04 Å². The lowest BCUT2D eigenvalue weighted by molar-refractivity contribution is 0.148. The van der Waals surface area contributed by atoms with Crippen LogP contribution in [0, 0.1) is 17.2 Å². The van der Waals surface area contributed by atoms with Gasteiger partial charge in [-0.05, 0) is 54.7 Å². The van der Waals surface area contributed by atoms with Crippen LogP contribution in [0.4, 0.5) is 9.18 Å². The Morgan fingerprint density at radius 2 is 2.00 bits per heavy atom. The molecule has 0 radical (unpaired) electrons. The quantitative estimate of drug-likeness (QED) is 0.643. The van der Waals surface area contributed by atoms with E-state index in [2.05, 4.69) is 10.6 Å². The molecule has 4 nitrogen and oxygen atoms in total. The fourth-order valence-electron chi connectivity index (χ4n) is 2.61. The molecule has 0 bridgehead atoms. The maximum Gasteiger partial charge on any atom is 0.315 e. The lowest BCUT2D eigenvalue weighted by Gasteiger charge is -2.22. The molecular formula is C18H27FN2O2. The Morgan fingerprint density at radius 1 is 1.35 bits per heavy atom. The summed E-state index contributed by atoms with van der Waals surface area (Å²) in [6.45, 7) is 4.74. The van der Waals surface area contributed by atoms with Crippen LogP contribution >= 0.6 is 0 Å². The Morgan fingerprint density at radius 3 is 2.57 bits per heavy atom. The van der Waals surface area contributed by atoms with Crippen LogP contribution in [0.3, 0.4) is 0 Å². The van der Waals surface area contributed by atoms with Crippen LogP contribution in [0.25, 0.3) is 0 Å². The molecule has 1 aliphatic carbocycles. The molecule has 0 spiro atoms. The Kier molecular flexibility index (Phi) is 5.99. The number of benzene rings is 1. The van der Waals surface area contributed by atoms with Gasteiger partial charge in [-0.3, -0.25) is 0 Å². The Labute approximate surface area is 137 Å². The maximum absolute atomic E-state index is 13.0. The summed E-state index contributed by atoms with van der Waals surface area (Å²) in [5.74, 6) is 0.179. The van der Waals surface area contributed by atoms with Gasteiger partial charge in [0.25, 0.3) is 0 Å². The van der Waals surface area contributed by atoms with Gasteiger partial charge in [-0.1, -0.05) is 26.0 Å². The highest BCUT2D eigenvalue weighted by Crippen LogP contribution is 2.40. The van der Waals surface area contributed by atoms with Crippen molar-refractivity contribution < 1.29 is 14.3 Å². The van der Waals surface area contributed by atoms with E-state index >= 15 is 0 Å². The average Bonchev–Trinajstić information content (AvgIpc) is 3.35. The molecule has 0 aromatic heterocycles. The van der Waals surface area contributed by atoms with Crippen LogP contribution in [0.15, 0.2) is 24.3 Å². The summed E-state index contributed by atoms with van der Waals surface area (Å²) >= 11 is 0. The molecule has 1 unspecified atom stereocenters. The van der Waals surface area contributed by atoms with Crippen molar-refractivity contribution in [2.24, 2.45) is 11.3 Å². The molecule has 2 amide bonds. The van der Waals surface area contributed by atoms with E-state index in [-0.39, 0.29) is 29.9 Å². The molecule has 1 aliphatic rings. The summed E-state index contributed by atoms with van der Waals surface area (Å²) in [5.41, 5.74) is 0.841. The first-order valence-corrected chi connectivity index (χ1v) is 8.32. The zero-order valence-corrected chi connectivity index (χ0v) is 13.9. The zero-order valence-electron chi connectivity index (χ0n) is 13.9. The molecule has 3 N–H and O–H groups in total. The number of carbonyl (C=O) groups excluding carboxylic acids is 1. The van der Waals surface area contributed by atoms with E-state index in [9.17, 15) is 14.3 Å². The number of amides is 2. The molecule has 1 saturated carbocycles. The minimum atomic E-state index is -0.265. The Bertz CT molecular complexity index is 512. The Balaban J connectivity index is 1.79. The van der Waals surface area contributed by atoms with Gasteiger partial charge in [0.1, 0.15) is 5.82 Å². The topological polar surface area (TPSA) is 61.4 Å². The summed E-state index contributed by atoms with van der Waals surface area (Å²) in [7, 11) is 0. The van der Waals surface area contributed by atoms with Gasteiger partial charge in [0.2, 0.25) is 0 Å². The maximum atomic E-state index is 13.0. The van der Waals surface area contributed by atoms with Gasteiger partial charge in [0, 0.05) is 13.2 Å². The molecule has 128 valence electrons. The lowest BCUT2D eigenvalue weighted by Crippen LogP contribution is -2.39. The summed E-state index contributed by atoms with van der Waals surface area (Å²) in [6, 6.07) is 6.10. The van der Waals surface area contributed by atoms with Crippen molar-refractivity contribution in [3.63, 3.8) is 0 Å². The number of nitrogens with one attached hydrogen (secondary N) is 2. The molecular weight excluding hydrogens is 295 g/mol. The second-order valence-corrected chi connectivity index (χ2v) is 7.19. The summed E-state index contributed by atoms with van der Waals surface area (Å²) in [4.78, 5) is 12.1. The van der Waals surface area contributed by atoms with Gasteiger partial charge >= 0.3 is 6.03 Å². The first-order chi connectivity index (χ1) is 10.9. The fourth-order valence-corrected chi connectivity index (χ4v) is 2.61. The molecule has 1 atom stereocenters. The number of rotatable bonds is 8.